The van der Waals surface area contributed by atoms with E-state index in [1.165, 1.54) is 11.1 Å². The van der Waals surface area contributed by atoms with Gasteiger partial charge in [-0.2, -0.15) is 4.98 Å². The lowest BCUT2D eigenvalue weighted by Gasteiger charge is -2.31. The van der Waals surface area contributed by atoms with E-state index in [9.17, 15) is 4.79 Å². The van der Waals surface area contributed by atoms with Crippen molar-refractivity contribution in [1.82, 2.24) is 20.4 Å². The van der Waals surface area contributed by atoms with E-state index in [1.54, 1.807) is 12.1 Å². The van der Waals surface area contributed by atoms with Crippen molar-refractivity contribution >= 4 is 17.5 Å². The second-order valence-corrected chi connectivity index (χ2v) is 9.10. The minimum Gasteiger partial charge on any atom is -0.349 e. The lowest BCUT2D eigenvalue weighted by atomic mass is 9.96. The van der Waals surface area contributed by atoms with E-state index in [2.05, 4.69) is 52.4 Å². The molecule has 1 aliphatic heterocycles. The molecule has 168 valence electrons. The maximum atomic E-state index is 12.9. The molecular formula is C25H29ClN4O2. The summed E-state index contributed by atoms with van der Waals surface area (Å²) in [7, 11) is 0. The topological polar surface area (TPSA) is 71.3 Å². The average Bonchev–Trinajstić information content (AvgIpc) is 3.24. The number of halogens is 1. The van der Waals surface area contributed by atoms with Crippen molar-refractivity contribution in [2.75, 3.05) is 13.1 Å². The van der Waals surface area contributed by atoms with Gasteiger partial charge in [0, 0.05) is 17.1 Å². The van der Waals surface area contributed by atoms with Crippen LogP contribution in [0.2, 0.25) is 5.02 Å². The number of nitrogens with zero attached hydrogens (tertiary/aromatic N) is 3. The van der Waals surface area contributed by atoms with Crippen LogP contribution in [0.4, 0.5) is 0 Å². The molecule has 3 aromatic rings. The largest absolute Gasteiger partial charge is 0.349 e. The van der Waals surface area contributed by atoms with Crippen molar-refractivity contribution in [2.45, 2.75) is 46.2 Å². The Morgan fingerprint density at radius 1 is 1.22 bits per heavy atom. The van der Waals surface area contributed by atoms with Crippen LogP contribution in [0.15, 0.2) is 47.0 Å². The first kappa shape index (κ1) is 22.5. The number of rotatable bonds is 6. The lowest BCUT2D eigenvalue weighted by Crippen LogP contribution is -2.43. The quantitative estimate of drug-likeness (QED) is 0.563. The molecule has 6 nitrogen and oxygen atoms in total. The number of hydrogen-bond acceptors (Lipinski definition) is 5. The zero-order chi connectivity index (χ0) is 22.7. The van der Waals surface area contributed by atoms with Gasteiger partial charge in [-0.05, 0) is 81.1 Å². The minimum absolute atomic E-state index is 0.0185. The SMILES string of the molecule is Cc1ccc(C(C)NC(=O)C2CCCN(Cc3nc(-c4ccc(Cl)cc4)no3)C2)cc1C. The van der Waals surface area contributed by atoms with Gasteiger partial charge in [-0.15, -0.1) is 0 Å². The van der Waals surface area contributed by atoms with Crippen molar-refractivity contribution in [2.24, 2.45) is 5.92 Å². The fourth-order valence-electron chi connectivity index (χ4n) is 4.09. The van der Waals surface area contributed by atoms with E-state index in [4.69, 9.17) is 16.1 Å². The monoisotopic (exact) mass is 452 g/mol. The summed E-state index contributed by atoms with van der Waals surface area (Å²) in [4.78, 5) is 19.7. The third-order valence-electron chi connectivity index (χ3n) is 6.20. The second-order valence-electron chi connectivity index (χ2n) is 8.67. The van der Waals surface area contributed by atoms with Crippen molar-refractivity contribution in [3.8, 4) is 11.4 Å². The van der Waals surface area contributed by atoms with E-state index in [0.717, 1.165) is 30.5 Å². The third kappa shape index (κ3) is 5.37. The van der Waals surface area contributed by atoms with Gasteiger partial charge in [-0.25, -0.2) is 0 Å². The zero-order valence-corrected chi connectivity index (χ0v) is 19.5. The van der Waals surface area contributed by atoms with Gasteiger partial charge in [0.1, 0.15) is 0 Å². The summed E-state index contributed by atoms with van der Waals surface area (Å²) in [6, 6.07) is 13.7. The van der Waals surface area contributed by atoms with Crippen LogP contribution in [0.1, 0.15) is 48.4 Å². The number of nitrogens with one attached hydrogen (secondary N) is 1. The van der Waals surface area contributed by atoms with Crippen LogP contribution >= 0.6 is 11.6 Å². The molecule has 0 saturated carbocycles. The fraction of sp³-hybridized carbons (Fsp3) is 0.400. The van der Waals surface area contributed by atoms with Crippen LogP contribution in [0.25, 0.3) is 11.4 Å². The van der Waals surface area contributed by atoms with E-state index < -0.39 is 0 Å². The lowest BCUT2D eigenvalue weighted by molar-refractivity contribution is -0.127. The normalized spacial score (nSPS) is 17.8. The van der Waals surface area contributed by atoms with Gasteiger partial charge in [0.25, 0.3) is 0 Å². The summed E-state index contributed by atoms with van der Waals surface area (Å²) >= 11 is 5.95. The Morgan fingerprint density at radius 3 is 2.75 bits per heavy atom. The number of likely N-dealkylation sites (tertiary alicyclic amines) is 1. The molecule has 1 N–H and O–H groups in total. The summed E-state index contributed by atoms with van der Waals surface area (Å²) in [5.41, 5.74) is 4.50. The molecule has 0 aliphatic carbocycles. The first-order valence-corrected chi connectivity index (χ1v) is 11.5. The fourth-order valence-corrected chi connectivity index (χ4v) is 4.21. The van der Waals surface area contributed by atoms with Gasteiger partial charge < -0.3 is 9.84 Å². The highest BCUT2D eigenvalue weighted by molar-refractivity contribution is 6.30. The standard InChI is InChI=1S/C25H29ClN4O2/c1-16-6-7-20(13-17(16)2)18(3)27-25(31)21-5-4-12-30(14-21)15-23-28-24(29-32-23)19-8-10-22(26)11-9-19/h6-11,13,18,21H,4-5,12,14-15H2,1-3H3,(H,27,31). The molecule has 1 saturated heterocycles. The number of carbonyl (C=O) groups is 1. The molecule has 4 rings (SSSR count). The van der Waals surface area contributed by atoms with Crippen molar-refractivity contribution < 1.29 is 9.32 Å². The van der Waals surface area contributed by atoms with Crippen LogP contribution in [0.5, 0.6) is 0 Å². The third-order valence-corrected chi connectivity index (χ3v) is 6.45. The Morgan fingerprint density at radius 2 is 2.00 bits per heavy atom. The maximum Gasteiger partial charge on any atom is 0.241 e. The molecule has 0 bridgehead atoms. The second kappa shape index (κ2) is 9.84. The molecule has 1 amide bonds. The molecular weight excluding hydrogens is 424 g/mol. The average molecular weight is 453 g/mol. The van der Waals surface area contributed by atoms with E-state index >= 15 is 0 Å². The molecule has 1 fully saturated rings. The van der Waals surface area contributed by atoms with E-state index in [0.29, 0.717) is 29.8 Å². The van der Waals surface area contributed by atoms with Crippen LogP contribution in [-0.4, -0.2) is 34.0 Å². The summed E-state index contributed by atoms with van der Waals surface area (Å²) in [5, 5.41) is 7.95. The number of carbonyl (C=O) groups excluding carboxylic acids is 1. The van der Waals surface area contributed by atoms with Crippen LogP contribution < -0.4 is 5.32 Å². The highest BCUT2D eigenvalue weighted by Gasteiger charge is 2.28. The Bertz CT molecular complexity index is 1080. The number of aryl methyl sites for hydroxylation is 2. The summed E-state index contributed by atoms with van der Waals surface area (Å²) < 4.78 is 5.45. The zero-order valence-electron chi connectivity index (χ0n) is 18.8. The Hall–Kier alpha value is -2.70. The van der Waals surface area contributed by atoms with Gasteiger partial charge in [-0.1, -0.05) is 35.0 Å². The highest BCUT2D eigenvalue weighted by atomic mass is 35.5. The smallest absolute Gasteiger partial charge is 0.241 e. The molecule has 2 unspecified atom stereocenters. The number of hydrogen-bond donors (Lipinski definition) is 1. The Balaban J connectivity index is 1.34. The maximum absolute atomic E-state index is 12.9. The predicted molar refractivity (Wildman–Crippen MR) is 125 cm³/mol. The van der Waals surface area contributed by atoms with Crippen molar-refractivity contribution in [3.05, 3.63) is 70.1 Å². The number of amides is 1. The molecule has 2 aromatic carbocycles. The molecule has 2 heterocycles. The molecule has 32 heavy (non-hydrogen) atoms. The molecule has 1 aliphatic rings. The summed E-state index contributed by atoms with van der Waals surface area (Å²) in [5.74, 6) is 1.16. The summed E-state index contributed by atoms with van der Waals surface area (Å²) in [6.07, 6.45) is 1.86. The van der Waals surface area contributed by atoms with E-state index in [-0.39, 0.29) is 17.9 Å². The predicted octanol–water partition coefficient (Wildman–Crippen LogP) is 5.10. The minimum atomic E-state index is -0.0450. The van der Waals surface area contributed by atoms with Gasteiger partial charge in [0.15, 0.2) is 0 Å². The molecule has 1 aromatic heterocycles. The molecule has 7 heteroatoms. The van der Waals surface area contributed by atoms with E-state index in [1.807, 2.05) is 19.1 Å². The molecule has 0 spiro atoms. The van der Waals surface area contributed by atoms with Crippen molar-refractivity contribution in [1.29, 1.82) is 0 Å². The summed E-state index contributed by atoms with van der Waals surface area (Å²) in [6.45, 7) is 8.37. The number of piperidine rings is 1. The van der Waals surface area contributed by atoms with Crippen molar-refractivity contribution in [3.63, 3.8) is 0 Å². The van der Waals surface area contributed by atoms with Gasteiger partial charge in [0.2, 0.25) is 17.6 Å². The molecule has 0 radical (unpaired) electrons. The van der Waals surface area contributed by atoms with Crippen LogP contribution in [-0.2, 0) is 11.3 Å². The van der Waals surface area contributed by atoms with Gasteiger partial charge >= 0.3 is 0 Å². The highest BCUT2D eigenvalue weighted by Crippen LogP contribution is 2.23. The van der Waals surface area contributed by atoms with Gasteiger partial charge in [0.05, 0.1) is 18.5 Å². The van der Waals surface area contributed by atoms with Crippen LogP contribution in [0, 0.1) is 19.8 Å². The first-order chi connectivity index (χ1) is 15.4. The first-order valence-electron chi connectivity index (χ1n) is 11.1. The molecule has 2 atom stereocenters. The Kier molecular flexibility index (Phi) is 6.92. The van der Waals surface area contributed by atoms with Gasteiger partial charge in [-0.3, -0.25) is 9.69 Å². The number of aromatic nitrogens is 2. The van der Waals surface area contributed by atoms with Crippen LogP contribution in [0.3, 0.4) is 0 Å². The Labute approximate surface area is 194 Å². The number of benzene rings is 2.